The summed E-state index contributed by atoms with van der Waals surface area (Å²) in [5, 5.41) is 0. The molecule has 5 N–H and O–H groups in total. The van der Waals surface area contributed by atoms with Gasteiger partial charge in [-0.15, -0.1) is 0 Å². The van der Waals surface area contributed by atoms with Crippen LogP contribution in [0.3, 0.4) is 0 Å². The van der Waals surface area contributed by atoms with Crippen molar-refractivity contribution in [3.63, 3.8) is 0 Å². The van der Waals surface area contributed by atoms with Crippen LogP contribution < -0.4 is 16.4 Å². The zero-order valence-electron chi connectivity index (χ0n) is 15.0. The second-order valence-electron chi connectivity index (χ2n) is 6.65. The molecule has 1 heterocycles. The number of ketones is 1. The molecule has 0 bridgehead atoms. The lowest BCUT2D eigenvalue weighted by Gasteiger charge is -2.20. The molecule has 142 valence electrons. The summed E-state index contributed by atoms with van der Waals surface area (Å²) >= 11 is 0. The fraction of sp³-hybridized carbons (Fsp3) is 0.526. The van der Waals surface area contributed by atoms with Gasteiger partial charge < -0.3 is 16.2 Å². The number of benzene rings is 1. The van der Waals surface area contributed by atoms with E-state index in [0.717, 1.165) is 18.4 Å². The van der Waals surface area contributed by atoms with Gasteiger partial charge in [-0.1, -0.05) is 30.3 Å². The summed E-state index contributed by atoms with van der Waals surface area (Å²) in [7, 11) is 0. The van der Waals surface area contributed by atoms with Crippen molar-refractivity contribution in [1.29, 1.82) is 0 Å². The lowest BCUT2D eigenvalue weighted by Crippen LogP contribution is -3.18. The van der Waals surface area contributed by atoms with Gasteiger partial charge >= 0.3 is 11.9 Å². The molecule has 1 fully saturated rings. The van der Waals surface area contributed by atoms with E-state index < -0.39 is 23.8 Å². The molecular formula is C19H28N3O4+. The van der Waals surface area contributed by atoms with E-state index in [0.29, 0.717) is 37.3 Å². The molecule has 1 amide bonds. The Balaban J connectivity index is 1.89. The van der Waals surface area contributed by atoms with Gasteiger partial charge in [-0.25, -0.2) is 9.59 Å². The number of rotatable bonds is 9. The lowest BCUT2D eigenvalue weighted by molar-refractivity contribution is -0.823. The average molecular weight is 362 g/mol. The molecule has 0 radical (unpaired) electrons. The van der Waals surface area contributed by atoms with E-state index in [-0.39, 0.29) is 12.5 Å². The minimum absolute atomic E-state index is 0.0417. The van der Waals surface area contributed by atoms with Crippen molar-refractivity contribution in [3.05, 3.63) is 35.9 Å². The van der Waals surface area contributed by atoms with Crippen LogP contribution in [0.4, 0.5) is 0 Å². The van der Waals surface area contributed by atoms with Gasteiger partial charge in [0.2, 0.25) is 0 Å². The maximum absolute atomic E-state index is 12.6. The van der Waals surface area contributed by atoms with Gasteiger partial charge in [-0.2, -0.15) is 0 Å². The zero-order valence-corrected chi connectivity index (χ0v) is 15.0. The Bertz CT molecular complexity index is 620. The van der Waals surface area contributed by atoms with Gasteiger partial charge in [0, 0.05) is 12.8 Å². The van der Waals surface area contributed by atoms with Crippen LogP contribution in [0.2, 0.25) is 0 Å². The number of nitrogens with two attached hydrogens (primary N) is 2. The second-order valence-corrected chi connectivity index (χ2v) is 6.65. The predicted molar refractivity (Wildman–Crippen MR) is 96.0 cm³/mol. The van der Waals surface area contributed by atoms with Crippen LogP contribution >= 0.6 is 0 Å². The van der Waals surface area contributed by atoms with E-state index in [2.05, 4.69) is 0 Å². The number of hydrogen-bond donors (Lipinski definition) is 3. The molecule has 1 aliphatic rings. The van der Waals surface area contributed by atoms with Crippen LogP contribution in [0, 0.1) is 0 Å². The highest BCUT2D eigenvalue weighted by atomic mass is 16.5. The highest BCUT2D eigenvalue weighted by molar-refractivity contribution is 6.35. The minimum Gasteiger partial charge on any atom is -0.455 e. The van der Waals surface area contributed by atoms with Gasteiger partial charge in [0.1, 0.15) is 12.6 Å². The number of esters is 1. The number of hydrogen-bond acceptors (Lipinski definition) is 6. The fourth-order valence-corrected chi connectivity index (χ4v) is 3.24. The summed E-state index contributed by atoms with van der Waals surface area (Å²) in [6.45, 7) is 1.12. The third-order valence-corrected chi connectivity index (χ3v) is 4.71. The van der Waals surface area contributed by atoms with Gasteiger partial charge in [-0.05, 0) is 31.4 Å². The molecule has 0 saturated carbocycles. The van der Waals surface area contributed by atoms with Gasteiger partial charge in [0.25, 0.3) is 5.78 Å². The molecule has 7 heteroatoms. The Morgan fingerprint density at radius 3 is 2.62 bits per heavy atom. The number of unbranched alkanes of at least 4 members (excludes halogenated alkanes) is 1. The summed E-state index contributed by atoms with van der Waals surface area (Å²) in [5.41, 5.74) is 12.2. The first kappa shape index (κ1) is 20.2. The van der Waals surface area contributed by atoms with Crippen molar-refractivity contribution < 1.29 is 24.0 Å². The zero-order chi connectivity index (χ0) is 18.9. The SMILES string of the molecule is NCCCC[C@H](N)C(=O)[NH+]1CCC[C@H]1C(=O)C(=O)OCc1ccccc1. The molecule has 1 aromatic rings. The fourth-order valence-electron chi connectivity index (χ4n) is 3.24. The summed E-state index contributed by atoms with van der Waals surface area (Å²) < 4.78 is 5.11. The standard InChI is InChI=1S/C19H27N3O4/c20-11-5-4-9-15(21)18(24)22-12-6-10-16(22)17(23)19(25)26-13-14-7-2-1-3-8-14/h1-3,7-8,15-16H,4-6,9-13,20-21H2/p+1/t15-,16-/m0/s1. The largest absolute Gasteiger partial charge is 0.455 e. The van der Waals surface area contributed by atoms with Crippen LogP contribution in [-0.2, 0) is 25.7 Å². The van der Waals surface area contributed by atoms with Gasteiger partial charge in [0.15, 0.2) is 6.04 Å². The second kappa shape index (κ2) is 10.2. The molecule has 0 aliphatic carbocycles. The van der Waals surface area contributed by atoms with E-state index in [1.54, 1.807) is 0 Å². The molecule has 7 nitrogen and oxygen atoms in total. The normalized spacial score (nSPS) is 20.5. The monoisotopic (exact) mass is 362 g/mol. The molecule has 1 saturated heterocycles. The molecule has 3 atom stereocenters. The Morgan fingerprint density at radius 1 is 1.19 bits per heavy atom. The van der Waals surface area contributed by atoms with Crippen molar-refractivity contribution in [1.82, 2.24) is 0 Å². The molecular weight excluding hydrogens is 334 g/mol. The highest BCUT2D eigenvalue weighted by Gasteiger charge is 2.44. The first-order chi connectivity index (χ1) is 12.5. The summed E-state index contributed by atoms with van der Waals surface area (Å²) in [6, 6.07) is 7.83. The van der Waals surface area contributed by atoms with E-state index in [9.17, 15) is 14.4 Å². The van der Waals surface area contributed by atoms with Gasteiger partial charge in [-0.3, -0.25) is 9.69 Å². The predicted octanol–water partition coefficient (Wildman–Crippen LogP) is -0.671. The van der Waals surface area contributed by atoms with Crippen molar-refractivity contribution in [2.45, 2.75) is 50.8 Å². The number of nitrogens with one attached hydrogen (secondary N) is 1. The van der Waals surface area contributed by atoms with Gasteiger partial charge in [0.05, 0.1) is 6.54 Å². The first-order valence-corrected chi connectivity index (χ1v) is 9.15. The van der Waals surface area contributed by atoms with Crippen LogP contribution in [0.15, 0.2) is 30.3 Å². The Morgan fingerprint density at radius 2 is 1.92 bits per heavy atom. The summed E-state index contributed by atoms with van der Waals surface area (Å²) in [6.07, 6.45) is 3.33. The molecule has 1 aromatic carbocycles. The summed E-state index contributed by atoms with van der Waals surface area (Å²) in [4.78, 5) is 37.6. The smallest absolute Gasteiger partial charge is 0.381 e. The molecule has 2 rings (SSSR count). The molecule has 0 spiro atoms. The number of Topliss-reactive ketones (excluding diaryl/α,β-unsaturated/α-hetero) is 1. The van der Waals surface area contributed by atoms with Crippen molar-refractivity contribution in [2.24, 2.45) is 11.5 Å². The number of ether oxygens (including phenoxy) is 1. The minimum atomic E-state index is -0.886. The molecule has 0 aromatic heterocycles. The van der Waals surface area contributed by atoms with Crippen LogP contribution in [0.25, 0.3) is 0 Å². The number of carbonyl (C=O) groups is 3. The number of quaternary nitrogens is 1. The van der Waals surface area contributed by atoms with Crippen LogP contribution in [0.5, 0.6) is 0 Å². The first-order valence-electron chi connectivity index (χ1n) is 9.15. The highest BCUT2D eigenvalue weighted by Crippen LogP contribution is 2.07. The summed E-state index contributed by atoms with van der Waals surface area (Å²) in [5.74, 6) is -1.73. The maximum Gasteiger partial charge on any atom is 0.381 e. The van der Waals surface area contributed by atoms with E-state index in [1.807, 2.05) is 30.3 Å². The number of amides is 1. The van der Waals surface area contributed by atoms with E-state index >= 15 is 0 Å². The van der Waals surface area contributed by atoms with Crippen molar-refractivity contribution in [2.75, 3.05) is 13.1 Å². The topological polar surface area (TPSA) is 117 Å². The van der Waals surface area contributed by atoms with E-state index in [1.165, 1.54) is 0 Å². The third-order valence-electron chi connectivity index (χ3n) is 4.71. The Kier molecular flexibility index (Phi) is 7.90. The number of carbonyl (C=O) groups excluding carboxylic acids is 3. The maximum atomic E-state index is 12.6. The Hall–Kier alpha value is -2.09. The number of likely N-dealkylation sites (tertiary alicyclic amines) is 1. The molecule has 1 aliphatic heterocycles. The van der Waals surface area contributed by atoms with Crippen LogP contribution in [0.1, 0.15) is 37.7 Å². The Labute approximate surface area is 153 Å². The third kappa shape index (κ3) is 5.45. The quantitative estimate of drug-likeness (QED) is 0.305. The van der Waals surface area contributed by atoms with Crippen molar-refractivity contribution in [3.8, 4) is 0 Å². The van der Waals surface area contributed by atoms with Crippen molar-refractivity contribution >= 4 is 17.7 Å². The average Bonchev–Trinajstić information content (AvgIpc) is 3.15. The molecule has 26 heavy (non-hydrogen) atoms. The van der Waals surface area contributed by atoms with E-state index in [4.69, 9.17) is 16.2 Å². The lowest BCUT2D eigenvalue weighted by atomic mass is 10.1. The van der Waals surface area contributed by atoms with Crippen LogP contribution in [-0.4, -0.2) is 42.8 Å². The molecule has 1 unspecified atom stereocenters.